The molecule has 1 heterocycles. The average molecular weight is 383 g/mol. The van der Waals surface area contributed by atoms with E-state index in [9.17, 15) is 0 Å². The molecule has 0 saturated carbocycles. The Bertz CT molecular complexity index is 711. The molecule has 0 fully saturated rings. The van der Waals surface area contributed by atoms with Crippen molar-refractivity contribution in [2.45, 2.75) is 13.5 Å². The summed E-state index contributed by atoms with van der Waals surface area (Å²) in [7, 11) is 8.87. The normalized spacial score (nSPS) is 10.7. The minimum absolute atomic E-state index is 0.594. The maximum atomic E-state index is 5.65. The van der Waals surface area contributed by atoms with Crippen LogP contribution in [-0.4, -0.2) is 32.9 Å². The molecule has 2 rings (SSSR count). The third kappa shape index (κ3) is 2.93. The highest BCUT2D eigenvalue weighted by Gasteiger charge is 2.24. The summed E-state index contributed by atoms with van der Waals surface area (Å²) < 4.78 is 19.8. The van der Waals surface area contributed by atoms with E-state index in [0.717, 1.165) is 27.8 Å². The molecule has 0 spiro atoms. The average Bonchev–Trinajstić information content (AvgIpc) is 2.78. The number of hydrogen-bond donors (Lipinski definition) is 1. The lowest BCUT2D eigenvalue weighted by Crippen LogP contribution is -2.11. The number of benzene rings is 1. The largest absolute Gasteiger partial charge is 0.493 e. The van der Waals surface area contributed by atoms with Crippen molar-refractivity contribution in [1.82, 2.24) is 9.88 Å². The second kappa shape index (κ2) is 7.27. The van der Waals surface area contributed by atoms with Crippen LogP contribution in [-0.2, 0) is 13.6 Å². The van der Waals surface area contributed by atoms with E-state index >= 15 is 0 Å². The summed E-state index contributed by atoms with van der Waals surface area (Å²) in [5, 5.41) is 3.23. The van der Waals surface area contributed by atoms with Gasteiger partial charge in [-0.2, -0.15) is 0 Å². The maximum absolute atomic E-state index is 5.65. The lowest BCUT2D eigenvalue weighted by atomic mass is 10.0. The molecule has 23 heavy (non-hydrogen) atoms. The SMILES string of the molecule is CNCc1c(-c2ccc(OC)c(OC)c2OC)c(Br)c(C)n1C. The van der Waals surface area contributed by atoms with E-state index in [1.165, 1.54) is 5.69 Å². The molecule has 0 amide bonds. The van der Waals surface area contributed by atoms with Crippen molar-refractivity contribution in [3.63, 3.8) is 0 Å². The quantitative estimate of drug-likeness (QED) is 0.829. The first-order valence-electron chi connectivity index (χ1n) is 7.29. The summed E-state index contributed by atoms with van der Waals surface area (Å²) in [4.78, 5) is 0. The molecule has 1 aromatic carbocycles. The fraction of sp³-hybridized carbons (Fsp3) is 0.412. The molecule has 0 bridgehead atoms. The Kier molecular flexibility index (Phi) is 5.59. The fourth-order valence-electron chi connectivity index (χ4n) is 2.77. The van der Waals surface area contributed by atoms with Gasteiger partial charge in [0, 0.05) is 40.6 Å². The number of methoxy groups -OCH3 is 3. The topological polar surface area (TPSA) is 44.6 Å². The zero-order chi connectivity index (χ0) is 17.1. The van der Waals surface area contributed by atoms with Gasteiger partial charge in [0.15, 0.2) is 11.5 Å². The van der Waals surface area contributed by atoms with Crippen LogP contribution in [0.1, 0.15) is 11.4 Å². The number of halogens is 1. The predicted octanol–water partition coefficient (Wildman–Crippen LogP) is 3.51. The van der Waals surface area contributed by atoms with Crippen molar-refractivity contribution < 1.29 is 14.2 Å². The van der Waals surface area contributed by atoms with Crippen molar-refractivity contribution in [1.29, 1.82) is 0 Å². The molecule has 0 unspecified atom stereocenters. The third-order valence-corrected chi connectivity index (χ3v) is 5.02. The summed E-state index contributed by atoms with van der Waals surface area (Å²) in [6, 6.07) is 3.90. The highest BCUT2D eigenvalue weighted by molar-refractivity contribution is 9.10. The lowest BCUT2D eigenvalue weighted by molar-refractivity contribution is 0.325. The number of nitrogens with one attached hydrogen (secondary N) is 1. The molecule has 0 aliphatic rings. The van der Waals surface area contributed by atoms with Crippen LogP contribution in [0.3, 0.4) is 0 Å². The number of ether oxygens (including phenoxy) is 3. The summed E-state index contributed by atoms with van der Waals surface area (Å²) in [6.07, 6.45) is 0. The number of aromatic nitrogens is 1. The molecule has 1 aromatic heterocycles. The third-order valence-electron chi connectivity index (χ3n) is 4.05. The Morgan fingerprint density at radius 3 is 2.26 bits per heavy atom. The number of hydrogen-bond acceptors (Lipinski definition) is 4. The van der Waals surface area contributed by atoms with Gasteiger partial charge in [-0.05, 0) is 42.0 Å². The first-order valence-corrected chi connectivity index (χ1v) is 8.08. The molecular weight excluding hydrogens is 360 g/mol. The van der Waals surface area contributed by atoms with Gasteiger partial charge in [0.05, 0.1) is 21.3 Å². The fourth-order valence-corrected chi connectivity index (χ4v) is 3.48. The molecule has 126 valence electrons. The Morgan fingerprint density at radius 1 is 1.09 bits per heavy atom. The van der Waals surface area contributed by atoms with E-state index in [4.69, 9.17) is 14.2 Å². The molecule has 0 saturated heterocycles. The van der Waals surface area contributed by atoms with Gasteiger partial charge in [-0.3, -0.25) is 0 Å². The second-order valence-electron chi connectivity index (χ2n) is 5.19. The Hall–Kier alpha value is -1.66. The molecule has 0 atom stereocenters. The van der Waals surface area contributed by atoms with E-state index in [0.29, 0.717) is 17.2 Å². The minimum atomic E-state index is 0.594. The second-order valence-corrected chi connectivity index (χ2v) is 5.99. The van der Waals surface area contributed by atoms with Crippen LogP contribution in [0.2, 0.25) is 0 Å². The Labute approximate surface area is 145 Å². The smallest absolute Gasteiger partial charge is 0.203 e. The van der Waals surface area contributed by atoms with Crippen LogP contribution < -0.4 is 19.5 Å². The van der Waals surface area contributed by atoms with Crippen LogP contribution in [0, 0.1) is 6.92 Å². The van der Waals surface area contributed by atoms with Gasteiger partial charge in [-0.1, -0.05) is 0 Å². The standard InChI is InChI=1S/C17H23BrN2O3/c1-10-15(18)14(12(9-19-2)20(10)3)11-7-8-13(21-4)17(23-6)16(11)22-5/h7-8,19H,9H2,1-6H3. The first kappa shape index (κ1) is 17.7. The molecule has 6 heteroatoms. The zero-order valence-electron chi connectivity index (χ0n) is 14.4. The lowest BCUT2D eigenvalue weighted by Gasteiger charge is -2.17. The predicted molar refractivity (Wildman–Crippen MR) is 95.7 cm³/mol. The summed E-state index contributed by atoms with van der Waals surface area (Å²) in [6.45, 7) is 2.83. The van der Waals surface area contributed by atoms with Crippen molar-refractivity contribution >= 4 is 15.9 Å². The molecule has 0 aliphatic carbocycles. The van der Waals surface area contributed by atoms with Crippen molar-refractivity contribution in [2.75, 3.05) is 28.4 Å². The minimum Gasteiger partial charge on any atom is -0.493 e. The highest BCUT2D eigenvalue weighted by atomic mass is 79.9. The molecule has 2 aromatic rings. The summed E-state index contributed by atoms with van der Waals surface area (Å²) in [5.41, 5.74) is 4.38. The van der Waals surface area contributed by atoms with E-state index < -0.39 is 0 Å². The molecule has 5 nitrogen and oxygen atoms in total. The number of nitrogens with zero attached hydrogens (tertiary/aromatic N) is 1. The zero-order valence-corrected chi connectivity index (χ0v) is 16.0. The van der Waals surface area contributed by atoms with Crippen LogP contribution in [0.5, 0.6) is 17.2 Å². The van der Waals surface area contributed by atoms with E-state index in [1.54, 1.807) is 21.3 Å². The monoisotopic (exact) mass is 382 g/mol. The van der Waals surface area contributed by atoms with Gasteiger partial charge in [0.25, 0.3) is 0 Å². The van der Waals surface area contributed by atoms with Crippen molar-refractivity contribution in [3.8, 4) is 28.4 Å². The first-order chi connectivity index (χ1) is 11.0. The number of rotatable bonds is 6. The van der Waals surface area contributed by atoms with Gasteiger partial charge in [-0.25, -0.2) is 0 Å². The van der Waals surface area contributed by atoms with Gasteiger partial charge in [0.1, 0.15) is 0 Å². The molecule has 0 aliphatic heterocycles. The summed E-state index contributed by atoms with van der Waals surface area (Å²) in [5.74, 6) is 1.90. The van der Waals surface area contributed by atoms with Gasteiger partial charge >= 0.3 is 0 Å². The van der Waals surface area contributed by atoms with Crippen molar-refractivity contribution in [2.24, 2.45) is 7.05 Å². The van der Waals surface area contributed by atoms with Gasteiger partial charge < -0.3 is 24.1 Å². The van der Waals surface area contributed by atoms with Crippen molar-refractivity contribution in [3.05, 3.63) is 28.0 Å². The molecule has 0 radical (unpaired) electrons. The van der Waals surface area contributed by atoms with Crippen LogP contribution in [0.15, 0.2) is 16.6 Å². The Balaban J connectivity index is 2.79. The van der Waals surface area contributed by atoms with E-state index in [1.807, 2.05) is 19.2 Å². The van der Waals surface area contributed by atoms with Crippen LogP contribution >= 0.6 is 15.9 Å². The molecule has 1 N–H and O–H groups in total. The van der Waals surface area contributed by atoms with E-state index in [2.05, 4.69) is 39.8 Å². The van der Waals surface area contributed by atoms with Gasteiger partial charge in [-0.15, -0.1) is 0 Å². The molecular formula is C17H23BrN2O3. The van der Waals surface area contributed by atoms with Crippen LogP contribution in [0.25, 0.3) is 11.1 Å². The van der Waals surface area contributed by atoms with Crippen LogP contribution in [0.4, 0.5) is 0 Å². The summed E-state index contributed by atoms with van der Waals surface area (Å²) >= 11 is 3.73. The van der Waals surface area contributed by atoms with E-state index in [-0.39, 0.29) is 0 Å². The van der Waals surface area contributed by atoms with Gasteiger partial charge in [0.2, 0.25) is 5.75 Å². The maximum Gasteiger partial charge on any atom is 0.203 e. The Morgan fingerprint density at radius 2 is 1.74 bits per heavy atom. The highest BCUT2D eigenvalue weighted by Crippen LogP contribution is 2.48.